The summed E-state index contributed by atoms with van der Waals surface area (Å²) in [7, 11) is 0. The van der Waals surface area contributed by atoms with Crippen LogP contribution in [0, 0.1) is 5.82 Å². The van der Waals surface area contributed by atoms with Gasteiger partial charge in [0.15, 0.2) is 0 Å². The van der Waals surface area contributed by atoms with Crippen LogP contribution in [-0.2, 0) is 6.54 Å². The topological polar surface area (TPSA) is 42.4 Å². The first-order valence-corrected chi connectivity index (χ1v) is 6.44. The molecule has 2 aromatic rings. The zero-order valence-corrected chi connectivity index (χ0v) is 11.3. The van der Waals surface area contributed by atoms with Gasteiger partial charge in [0.2, 0.25) is 0 Å². The van der Waals surface area contributed by atoms with Crippen molar-refractivity contribution in [3.05, 3.63) is 53.7 Å². The van der Waals surface area contributed by atoms with Gasteiger partial charge in [-0.1, -0.05) is 6.07 Å². The lowest BCUT2D eigenvalue weighted by molar-refractivity contribution is 0.502. The summed E-state index contributed by atoms with van der Waals surface area (Å²) in [6.45, 7) is 5.18. The molecular weight excluding hydrogens is 243 g/mol. The van der Waals surface area contributed by atoms with Gasteiger partial charge in [-0.05, 0) is 38.1 Å². The smallest absolute Gasteiger partial charge is 0.130 e. The van der Waals surface area contributed by atoms with Gasteiger partial charge in [0.05, 0.1) is 12.8 Å². The first-order valence-electron chi connectivity index (χ1n) is 6.44. The van der Waals surface area contributed by atoms with E-state index in [0.29, 0.717) is 12.1 Å². The minimum atomic E-state index is -0.346. The quantitative estimate of drug-likeness (QED) is 0.897. The highest BCUT2D eigenvalue weighted by Gasteiger charge is 2.17. The van der Waals surface area contributed by atoms with Crippen molar-refractivity contribution in [2.24, 2.45) is 5.73 Å². The number of nitrogens with zero attached hydrogens (tertiary/aromatic N) is 1. The molecule has 1 atom stereocenters. The monoisotopic (exact) mass is 262 g/mol. The highest BCUT2D eigenvalue weighted by Crippen LogP contribution is 2.28. The van der Waals surface area contributed by atoms with E-state index in [1.54, 1.807) is 19.3 Å². The lowest BCUT2D eigenvalue weighted by atomic mass is 10.0. The van der Waals surface area contributed by atoms with Crippen LogP contribution in [0.15, 0.2) is 41.0 Å². The van der Waals surface area contributed by atoms with Crippen LogP contribution in [0.25, 0.3) is 0 Å². The average molecular weight is 262 g/mol. The van der Waals surface area contributed by atoms with Gasteiger partial charge in [0.25, 0.3) is 0 Å². The van der Waals surface area contributed by atoms with Crippen molar-refractivity contribution in [1.29, 1.82) is 0 Å². The summed E-state index contributed by atoms with van der Waals surface area (Å²) in [6.07, 6.45) is 1.64. The summed E-state index contributed by atoms with van der Waals surface area (Å²) >= 11 is 0. The summed E-state index contributed by atoms with van der Waals surface area (Å²) < 4.78 is 19.3. The van der Waals surface area contributed by atoms with Gasteiger partial charge in [0, 0.05) is 23.8 Å². The molecule has 102 valence electrons. The van der Waals surface area contributed by atoms with Crippen molar-refractivity contribution in [2.45, 2.75) is 26.4 Å². The Balaban J connectivity index is 2.35. The molecule has 4 heteroatoms. The van der Waals surface area contributed by atoms with E-state index in [4.69, 9.17) is 10.2 Å². The fourth-order valence-electron chi connectivity index (χ4n) is 2.21. The van der Waals surface area contributed by atoms with Gasteiger partial charge in [-0.25, -0.2) is 4.39 Å². The van der Waals surface area contributed by atoms with Gasteiger partial charge < -0.3 is 15.1 Å². The number of furan rings is 1. The fraction of sp³-hybridized carbons (Fsp3) is 0.333. The lowest BCUT2D eigenvalue weighted by Crippen LogP contribution is -2.25. The van der Waals surface area contributed by atoms with E-state index in [9.17, 15) is 4.39 Å². The first-order chi connectivity index (χ1) is 9.13. The largest absolute Gasteiger partial charge is 0.467 e. The number of anilines is 1. The summed E-state index contributed by atoms with van der Waals surface area (Å²) in [5.41, 5.74) is 7.27. The maximum atomic E-state index is 13.9. The summed E-state index contributed by atoms with van der Waals surface area (Å²) in [4.78, 5) is 2.06. The number of hydrogen-bond donors (Lipinski definition) is 1. The van der Waals surface area contributed by atoms with Crippen LogP contribution in [0.5, 0.6) is 0 Å². The molecular formula is C15H19FN2O. The lowest BCUT2D eigenvalue weighted by Gasteiger charge is -2.26. The van der Waals surface area contributed by atoms with Gasteiger partial charge in [-0.15, -0.1) is 0 Å². The summed E-state index contributed by atoms with van der Waals surface area (Å²) in [5, 5.41) is 0. The van der Waals surface area contributed by atoms with Crippen molar-refractivity contribution < 1.29 is 8.81 Å². The standard InChI is InChI=1S/C15H19FN2O/c1-3-18(10-12-6-5-9-19-12)14-8-4-7-13(16)15(14)11(2)17/h4-9,11H,3,10,17H2,1-2H3/t11-/m1/s1. The molecule has 0 saturated heterocycles. The van der Waals surface area contributed by atoms with Gasteiger partial charge in [-0.2, -0.15) is 0 Å². The molecule has 19 heavy (non-hydrogen) atoms. The highest BCUT2D eigenvalue weighted by molar-refractivity contribution is 5.55. The molecule has 1 aromatic carbocycles. The Morgan fingerprint density at radius 2 is 2.11 bits per heavy atom. The third-order valence-electron chi connectivity index (χ3n) is 3.13. The Hall–Kier alpha value is -1.81. The predicted octanol–water partition coefficient (Wildman–Crippen LogP) is 3.46. The van der Waals surface area contributed by atoms with Crippen LogP contribution >= 0.6 is 0 Å². The summed E-state index contributed by atoms with van der Waals surface area (Å²) in [5.74, 6) is 0.590. The predicted molar refractivity (Wildman–Crippen MR) is 74.4 cm³/mol. The second kappa shape index (κ2) is 5.89. The van der Waals surface area contributed by atoms with E-state index in [1.165, 1.54) is 6.07 Å². The molecule has 2 rings (SSSR count). The van der Waals surface area contributed by atoms with E-state index in [1.807, 2.05) is 25.1 Å². The molecule has 0 fully saturated rings. The summed E-state index contributed by atoms with van der Waals surface area (Å²) in [6, 6.07) is 8.47. The molecule has 0 spiro atoms. The molecule has 0 radical (unpaired) electrons. The normalized spacial score (nSPS) is 12.4. The maximum Gasteiger partial charge on any atom is 0.130 e. The Morgan fingerprint density at radius 1 is 1.32 bits per heavy atom. The number of hydrogen-bond acceptors (Lipinski definition) is 3. The average Bonchev–Trinajstić information content (AvgIpc) is 2.88. The van der Waals surface area contributed by atoms with Crippen LogP contribution in [0.1, 0.15) is 31.2 Å². The Bertz CT molecular complexity index is 523. The van der Waals surface area contributed by atoms with Crippen molar-refractivity contribution in [3.8, 4) is 0 Å². The zero-order chi connectivity index (χ0) is 13.8. The number of benzene rings is 1. The van der Waals surface area contributed by atoms with Crippen LogP contribution in [0.2, 0.25) is 0 Å². The second-order valence-electron chi connectivity index (χ2n) is 4.55. The van der Waals surface area contributed by atoms with Crippen molar-refractivity contribution in [2.75, 3.05) is 11.4 Å². The van der Waals surface area contributed by atoms with Crippen LogP contribution in [0.3, 0.4) is 0 Å². The van der Waals surface area contributed by atoms with E-state index < -0.39 is 0 Å². The molecule has 0 unspecified atom stereocenters. The first kappa shape index (κ1) is 13.6. The Kier molecular flexibility index (Phi) is 4.22. The molecule has 0 aliphatic heterocycles. The number of nitrogens with two attached hydrogens (primary N) is 1. The molecule has 1 aromatic heterocycles. The molecule has 0 amide bonds. The second-order valence-corrected chi connectivity index (χ2v) is 4.55. The van der Waals surface area contributed by atoms with Gasteiger partial charge >= 0.3 is 0 Å². The third kappa shape index (κ3) is 2.96. The molecule has 2 N–H and O–H groups in total. The van der Waals surface area contributed by atoms with Crippen LogP contribution in [0.4, 0.5) is 10.1 Å². The number of rotatable bonds is 5. The van der Waals surface area contributed by atoms with E-state index in [0.717, 1.165) is 18.0 Å². The van der Waals surface area contributed by atoms with Crippen LogP contribution < -0.4 is 10.6 Å². The molecule has 3 nitrogen and oxygen atoms in total. The molecule has 0 bridgehead atoms. The maximum absolute atomic E-state index is 13.9. The minimum absolute atomic E-state index is 0.259. The van der Waals surface area contributed by atoms with Gasteiger partial charge in [0.1, 0.15) is 11.6 Å². The highest BCUT2D eigenvalue weighted by atomic mass is 19.1. The fourth-order valence-corrected chi connectivity index (χ4v) is 2.21. The van der Waals surface area contributed by atoms with Crippen molar-refractivity contribution in [3.63, 3.8) is 0 Å². The van der Waals surface area contributed by atoms with E-state index in [2.05, 4.69) is 4.90 Å². The van der Waals surface area contributed by atoms with E-state index in [-0.39, 0.29) is 11.9 Å². The van der Waals surface area contributed by atoms with Crippen molar-refractivity contribution >= 4 is 5.69 Å². The van der Waals surface area contributed by atoms with E-state index >= 15 is 0 Å². The Morgan fingerprint density at radius 3 is 2.68 bits per heavy atom. The van der Waals surface area contributed by atoms with Gasteiger partial charge in [-0.3, -0.25) is 0 Å². The molecule has 0 aliphatic rings. The minimum Gasteiger partial charge on any atom is -0.467 e. The van der Waals surface area contributed by atoms with Crippen LogP contribution in [-0.4, -0.2) is 6.54 Å². The number of halogens is 1. The molecule has 0 saturated carbocycles. The third-order valence-corrected chi connectivity index (χ3v) is 3.13. The SMILES string of the molecule is CCN(Cc1ccco1)c1cccc(F)c1[C@@H](C)N. The zero-order valence-electron chi connectivity index (χ0n) is 11.3. The Labute approximate surface area is 112 Å². The molecule has 1 heterocycles. The van der Waals surface area contributed by atoms with Crippen molar-refractivity contribution in [1.82, 2.24) is 0 Å². The molecule has 0 aliphatic carbocycles.